The Morgan fingerprint density at radius 2 is 2.10 bits per heavy atom. The molecule has 1 aliphatic heterocycles. The van der Waals surface area contributed by atoms with Crippen LogP contribution in [0.3, 0.4) is 0 Å². The molecular formula is C14H12FN3O2. The van der Waals surface area contributed by atoms with Crippen LogP contribution in [-0.4, -0.2) is 28.0 Å². The third-order valence-electron chi connectivity index (χ3n) is 3.32. The van der Waals surface area contributed by atoms with Gasteiger partial charge >= 0.3 is 0 Å². The minimum atomic E-state index is -0.672. The van der Waals surface area contributed by atoms with Gasteiger partial charge in [0.15, 0.2) is 0 Å². The Hall–Kier alpha value is -2.50. The lowest BCUT2D eigenvalue weighted by molar-refractivity contribution is -0.114. The molecule has 5 nitrogen and oxygen atoms in total. The fourth-order valence-electron chi connectivity index (χ4n) is 2.37. The molecule has 6 heteroatoms. The van der Waals surface area contributed by atoms with Crippen LogP contribution in [0.2, 0.25) is 0 Å². The predicted molar refractivity (Wildman–Crippen MR) is 70.0 cm³/mol. The number of ketones is 1. The van der Waals surface area contributed by atoms with Crippen molar-refractivity contribution in [3.05, 3.63) is 47.5 Å². The number of carbonyl (C=O) groups is 2. The van der Waals surface area contributed by atoms with Crippen molar-refractivity contribution in [1.29, 1.82) is 0 Å². The van der Waals surface area contributed by atoms with Crippen LogP contribution in [-0.2, 0) is 18.3 Å². The van der Waals surface area contributed by atoms with Gasteiger partial charge in [0.1, 0.15) is 5.82 Å². The van der Waals surface area contributed by atoms with Crippen molar-refractivity contribution in [3.63, 3.8) is 0 Å². The zero-order chi connectivity index (χ0) is 14.3. The highest BCUT2D eigenvalue weighted by atomic mass is 19.1. The van der Waals surface area contributed by atoms with Crippen molar-refractivity contribution < 1.29 is 14.0 Å². The number of amides is 1. The number of anilines is 1. The van der Waals surface area contributed by atoms with Crippen LogP contribution in [0.4, 0.5) is 10.1 Å². The largest absolute Gasteiger partial charge is 0.302 e. The van der Waals surface area contributed by atoms with Gasteiger partial charge in [-0.3, -0.25) is 14.3 Å². The summed E-state index contributed by atoms with van der Waals surface area (Å²) in [6.45, 7) is 0.254. The summed E-state index contributed by atoms with van der Waals surface area (Å²) in [6, 6.07) is 4.16. The summed E-state index contributed by atoms with van der Waals surface area (Å²) in [7, 11) is 1.79. The highest BCUT2D eigenvalue weighted by Crippen LogP contribution is 2.31. The van der Waals surface area contributed by atoms with Crippen molar-refractivity contribution >= 4 is 17.4 Å². The van der Waals surface area contributed by atoms with Crippen LogP contribution < -0.4 is 4.90 Å². The number of Topliss-reactive ketones (excluding diaryl/α,β-unsaturated/α-hetero) is 1. The molecule has 0 radical (unpaired) electrons. The van der Waals surface area contributed by atoms with E-state index in [9.17, 15) is 14.0 Å². The maximum Gasteiger partial charge on any atom is 0.299 e. The molecule has 0 saturated carbocycles. The fourth-order valence-corrected chi connectivity index (χ4v) is 2.37. The van der Waals surface area contributed by atoms with Crippen LogP contribution in [0.5, 0.6) is 0 Å². The highest BCUT2D eigenvalue weighted by Gasteiger charge is 2.37. The number of aryl methyl sites for hydroxylation is 1. The number of aromatic nitrogens is 2. The number of carbonyl (C=O) groups excluding carboxylic acids is 2. The summed E-state index contributed by atoms with van der Waals surface area (Å²) in [5.41, 5.74) is 1.16. The van der Waals surface area contributed by atoms with Gasteiger partial charge in [-0.25, -0.2) is 4.39 Å². The SMILES string of the molecule is Cn1cc(CCN2C(=O)C(=O)c3cccc(F)c32)cn1. The van der Waals surface area contributed by atoms with E-state index in [1.165, 1.54) is 23.1 Å². The molecule has 2 heterocycles. The van der Waals surface area contributed by atoms with E-state index in [-0.39, 0.29) is 17.8 Å². The second kappa shape index (κ2) is 4.56. The van der Waals surface area contributed by atoms with Gasteiger partial charge in [-0.05, 0) is 24.1 Å². The van der Waals surface area contributed by atoms with Crippen LogP contribution in [0, 0.1) is 5.82 Å². The standard InChI is InChI=1S/C14H12FN3O2/c1-17-8-9(7-16-17)5-6-18-12-10(13(19)14(18)20)3-2-4-11(12)15/h2-4,7-8H,5-6H2,1H3. The quantitative estimate of drug-likeness (QED) is 0.793. The smallest absolute Gasteiger partial charge is 0.299 e. The first-order chi connectivity index (χ1) is 9.58. The monoisotopic (exact) mass is 273 g/mol. The first kappa shape index (κ1) is 12.5. The molecule has 2 aromatic rings. The molecule has 20 heavy (non-hydrogen) atoms. The number of benzene rings is 1. The number of para-hydroxylation sites is 1. The molecule has 1 aliphatic rings. The van der Waals surface area contributed by atoms with Gasteiger partial charge in [-0.2, -0.15) is 5.10 Å². The Morgan fingerprint density at radius 3 is 2.80 bits per heavy atom. The number of fused-ring (bicyclic) bond motifs is 1. The molecular weight excluding hydrogens is 261 g/mol. The van der Waals surface area contributed by atoms with Crippen molar-refractivity contribution in [1.82, 2.24) is 9.78 Å². The Balaban J connectivity index is 1.87. The molecule has 0 saturated heterocycles. The maximum absolute atomic E-state index is 13.9. The lowest BCUT2D eigenvalue weighted by Crippen LogP contribution is -2.32. The molecule has 0 bridgehead atoms. The van der Waals surface area contributed by atoms with Crippen LogP contribution in [0.25, 0.3) is 0 Å². The van der Waals surface area contributed by atoms with Crippen LogP contribution >= 0.6 is 0 Å². The number of nitrogens with zero attached hydrogens (tertiary/aromatic N) is 3. The summed E-state index contributed by atoms with van der Waals surface area (Å²) in [6.07, 6.45) is 4.02. The van der Waals surface area contributed by atoms with E-state index >= 15 is 0 Å². The normalized spacial score (nSPS) is 14.0. The molecule has 0 fully saturated rings. The van der Waals surface area contributed by atoms with Crippen LogP contribution in [0.1, 0.15) is 15.9 Å². The maximum atomic E-state index is 13.9. The number of rotatable bonds is 3. The minimum Gasteiger partial charge on any atom is -0.302 e. The molecule has 0 spiro atoms. The van der Waals surface area contributed by atoms with Crippen molar-refractivity contribution in [2.45, 2.75) is 6.42 Å². The summed E-state index contributed by atoms with van der Waals surface area (Å²) >= 11 is 0. The third-order valence-corrected chi connectivity index (χ3v) is 3.32. The Labute approximate surface area is 114 Å². The predicted octanol–water partition coefficient (Wildman–Crippen LogP) is 1.33. The second-order valence-corrected chi connectivity index (χ2v) is 4.69. The second-order valence-electron chi connectivity index (χ2n) is 4.69. The summed E-state index contributed by atoms with van der Waals surface area (Å²) in [4.78, 5) is 24.9. The summed E-state index contributed by atoms with van der Waals surface area (Å²) < 4.78 is 15.5. The molecule has 1 aromatic carbocycles. The van der Waals surface area contributed by atoms with E-state index in [1.807, 2.05) is 6.20 Å². The number of halogens is 1. The van der Waals surface area contributed by atoms with Gasteiger partial charge in [0.05, 0.1) is 17.4 Å². The van der Waals surface area contributed by atoms with E-state index in [2.05, 4.69) is 5.10 Å². The molecule has 3 rings (SSSR count). The van der Waals surface area contributed by atoms with Gasteiger partial charge in [0.25, 0.3) is 11.7 Å². The highest BCUT2D eigenvalue weighted by molar-refractivity contribution is 6.52. The van der Waals surface area contributed by atoms with Gasteiger partial charge in [-0.1, -0.05) is 6.07 Å². The fraction of sp³-hybridized carbons (Fsp3) is 0.214. The van der Waals surface area contributed by atoms with Crippen molar-refractivity contribution in [2.75, 3.05) is 11.4 Å². The van der Waals surface area contributed by atoms with Gasteiger partial charge in [-0.15, -0.1) is 0 Å². The Kier molecular flexibility index (Phi) is 2.85. The first-order valence-corrected chi connectivity index (χ1v) is 6.20. The van der Waals surface area contributed by atoms with Gasteiger partial charge in [0, 0.05) is 19.8 Å². The van der Waals surface area contributed by atoms with Gasteiger partial charge in [0.2, 0.25) is 0 Å². The summed E-state index contributed by atoms with van der Waals surface area (Å²) in [5.74, 6) is -1.87. The average molecular weight is 273 g/mol. The first-order valence-electron chi connectivity index (χ1n) is 6.20. The molecule has 0 aliphatic carbocycles. The van der Waals surface area contributed by atoms with E-state index in [0.29, 0.717) is 6.42 Å². The number of hydrogen-bond acceptors (Lipinski definition) is 3. The molecule has 0 unspecified atom stereocenters. The Morgan fingerprint density at radius 1 is 1.30 bits per heavy atom. The zero-order valence-corrected chi connectivity index (χ0v) is 10.8. The minimum absolute atomic E-state index is 0.0893. The van der Waals surface area contributed by atoms with Crippen LogP contribution in [0.15, 0.2) is 30.6 Å². The zero-order valence-electron chi connectivity index (χ0n) is 10.8. The molecule has 0 atom stereocenters. The van der Waals surface area contributed by atoms with Crippen molar-refractivity contribution in [2.24, 2.45) is 7.05 Å². The lowest BCUT2D eigenvalue weighted by Gasteiger charge is -2.16. The lowest BCUT2D eigenvalue weighted by atomic mass is 10.1. The molecule has 0 N–H and O–H groups in total. The van der Waals surface area contributed by atoms with Crippen molar-refractivity contribution in [3.8, 4) is 0 Å². The van der Waals surface area contributed by atoms with E-state index in [4.69, 9.17) is 0 Å². The topological polar surface area (TPSA) is 55.2 Å². The molecule has 1 amide bonds. The van der Waals surface area contributed by atoms with Gasteiger partial charge < -0.3 is 4.90 Å². The Bertz CT molecular complexity index is 708. The summed E-state index contributed by atoms with van der Waals surface area (Å²) in [5, 5.41) is 4.03. The van der Waals surface area contributed by atoms with E-state index in [1.54, 1.807) is 17.9 Å². The third kappa shape index (κ3) is 1.89. The molecule has 1 aromatic heterocycles. The molecule has 102 valence electrons. The van der Waals surface area contributed by atoms with E-state index < -0.39 is 17.5 Å². The average Bonchev–Trinajstić information content (AvgIpc) is 2.94. The number of hydrogen-bond donors (Lipinski definition) is 0. The van der Waals surface area contributed by atoms with E-state index in [0.717, 1.165) is 5.56 Å².